The Hall–Kier alpha value is -2.60. The Bertz CT molecular complexity index is 793. The molecule has 7 heteroatoms. The first-order chi connectivity index (χ1) is 11.9. The van der Waals surface area contributed by atoms with Gasteiger partial charge in [-0.25, -0.2) is 0 Å². The van der Waals surface area contributed by atoms with E-state index in [1.54, 1.807) is 30.3 Å². The third-order valence-corrected chi connectivity index (χ3v) is 3.99. The lowest BCUT2D eigenvalue weighted by atomic mass is 10.1. The summed E-state index contributed by atoms with van der Waals surface area (Å²) in [5.41, 5.74) is 1.93. The number of nitro groups is 1. The summed E-state index contributed by atoms with van der Waals surface area (Å²) >= 11 is 5.95. The number of carbonyl (C=O) groups excluding carboxylic acids is 1. The van der Waals surface area contributed by atoms with E-state index in [0.717, 1.165) is 18.4 Å². The van der Waals surface area contributed by atoms with Crippen molar-refractivity contribution >= 4 is 34.6 Å². The number of hydrogen-bond acceptors (Lipinski definition) is 4. The van der Waals surface area contributed by atoms with Crippen molar-refractivity contribution in [1.82, 2.24) is 0 Å². The van der Waals surface area contributed by atoms with Gasteiger partial charge in [-0.2, -0.15) is 0 Å². The predicted molar refractivity (Wildman–Crippen MR) is 101 cm³/mol. The molecule has 0 atom stereocenters. The van der Waals surface area contributed by atoms with Gasteiger partial charge in [0.25, 0.3) is 11.6 Å². The van der Waals surface area contributed by atoms with Gasteiger partial charge in [-0.15, -0.1) is 0 Å². The van der Waals surface area contributed by atoms with Crippen molar-refractivity contribution in [2.75, 3.05) is 17.2 Å². The molecule has 0 aliphatic carbocycles. The van der Waals surface area contributed by atoms with Crippen LogP contribution in [0.2, 0.25) is 5.02 Å². The first-order valence-electron chi connectivity index (χ1n) is 8.02. The average Bonchev–Trinajstić information content (AvgIpc) is 2.58. The summed E-state index contributed by atoms with van der Waals surface area (Å²) in [5, 5.41) is 17.6. The van der Waals surface area contributed by atoms with Crippen LogP contribution in [0.15, 0.2) is 36.4 Å². The van der Waals surface area contributed by atoms with Gasteiger partial charge in [0.2, 0.25) is 0 Å². The normalized spacial score (nSPS) is 10.4. The van der Waals surface area contributed by atoms with E-state index in [9.17, 15) is 14.9 Å². The molecule has 2 rings (SSSR count). The minimum absolute atomic E-state index is 0.119. The third kappa shape index (κ3) is 4.93. The standard InChI is InChI=1S/C18H20ClN3O3/c1-3-4-9-20-15-8-6-13(10-17(15)22(24)25)18(23)21-16-11-14(19)7-5-12(16)2/h5-8,10-11,20H,3-4,9H2,1-2H3,(H,21,23). The molecule has 25 heavy (non-hydrogen) atoms. The van der Waals surface area contributed by atoms with Gasteiger partial charge < -0.3 is 10.6 Å². The van der Waals surface area contributed by atoms with Crippen LogP contribution in [0.5, 0.6) is 0 Å². The quantitative estimate of drug-likeness (QED) is 0.412. The zero-order valence-electron chi connectivity index (χ0n) is 14.1. The van der Waals surface area contributed by atoms with E-state index in [1.807, 2.05) is 13.8 Å². The van der Waals surface area contributed by atoms with Crippen LogP contribution in [0.25, 0.3) is 0 Å². The van der Waals surface area contributed by atoms with Gasteiger partial charge >= 0.3 is 0 Å². The minimum Gasteiger partial charge on any atom is -0.379 e. The molecule has 0 fully saturated rings. The Balaban J connectivity index is 2.23. The van der Waals surface area contributed by atoms with Crippen LogP contribution in [-0.2, 0) is 0 Å². The highest BCUT2D eigenvalue weighted by molar-refractivity contribution is 6.31. The van der Waals surface area contributed by atoms with E-state index in [-0.39, 0.29) is 11.3 Å². The van der Waals surface area contributed by atoms with Crippen LogP contribution in [-0.4, -0.2) is 17.4 Å². The molecule has 0 aliphatic heterocycles. The van der Waals surface area contributed by atoms with Crippen LogP contribution in [0.4, 0.5) is 17.1 Å². The van der Waals surface area contributed by atoms with Gasteiger partial charge in [0.05, 0.1) is 4.92 Å². The van der Waals surface area contributed by atoms with E-state index in [1.165, 1.54) is 6.07 Å². The van der Waals surface area contributed by atoms with E-state index < -0.39 is 10.8 Å². The van der Waals surface area contributed by atoms with Gasteiger partial charge in [0, 0.05) is 28.9 Å². The zero-order valence-corrected chi connectivity index (χ0v) is 14.9. The molecule has 0 saturated heterocycles. The van der Waals surface area contributed by atoms with E-state index >= 15 is 0 Å². The fourth-order valence-electron chi connectivity index (χ4n) is 2.30. The van der Waals surface area contributed by atoms with Gasteiger partial charge in [-0.05, 0) is 43.2 Å². The molecule has 2 aromatic rings. The number of amides is 1. The van der Waals surface area contributed by atoms with Gasteiger partial charge in [-0.3, -0.25) is 14.9 Å². The van der Waals surface area contributed by atoms with Crippen molar-refractivity contribution in [2.45, 2.75) is 26.7 Å². The van der Waals surface area contributed by atoms with Crippen LogP contribution < -0.4 is 10.6 Å². The predicted octanol–water partition coefficient (Wildman–Crippen LogP) is 5.02. The zero-order chi connectivity index (χ0) is 18.4. The maximum atomic E-state index is 12.4. The molecule has 0 aromatic heterocycles. The lowest BCUT2D eigenvalue weighted by Gasteiger charge is -2.10. The second-order valence-electron chi connectivity index (χ2n) is 5.68. The molecule has 0 spiro atoms. The molecule has 132 valence electrons. The first kappa shape index (κ1) is 18.7. The Morgan fingerprint density at radius 2 is 1.96 bits per heavy atom. The number of anilines is 2. The van der Waals surface area contributed by atoms with Crippen molar-refractivity contribution in [3.8, 4) is 0 Å². The second-order valence-corrected chi connectivity index (χ2v) is 6.12. The molecule has 0 saturated carbocycles. The molecule has 6 nitrogen and oxygen atoms in total. The topological polar surface area (TPSA) is 84.3 Å². The molecular weight excluding hydrogens is 342 g/mol. The number of carbonyl (C=O) groups is 1. The summed E-state index contributed by atoms with van der Waals surface area (Å²) in [4.78, 5) is 23.2. The maximum absolute atomic E-state index is 12.4. The Labute approximate surface area is 151 Å². The summed E-state index contributed by atoms with van der Waals surface area (Å²) in [5.74, 6) is -0.423. The molecule has 0 unspecified atom stereocenters. The number of nitro benzene ring substituents is 1. The highest BCUT2D eigenvalue weighted by atomic mass is 35.5. The van der Waals surface area contributed by atoms with Crippen LogP contribution in [0, 0.1) is 17.0 Å². The molecule has 1 amide bonds. The van der Waals surface area contributed by atoms with Gasteiger partial charge in [0.15, 0.2) is 0 Å². The highest BCUT2D eigenvalue weighted by Crippen LogP contribution is 2.27. The van der Waals surface area contributed by atoms with E-state index in [4.69, 9.17) is 11.6 Å². The molecular formula is C18H20ClN3O3. The SMILES string of the molecule is CCCCNc1ccc(C(=O)Nc2cc(Cl)ccc2C)cc1[N+](=O)[O-]. The lowest BCUT2D eigenvalue weighted by Crippen LogP contribution is -2.13. The number of rotatable bonds is 7. The number of halogens is 1. The molecule has 0 radical (unpaired) electrons. The van der Waals surface area contributed by atoms with Crippen molar-refractivity contribution in [3.63, 3.8) is 0 Å². The summed E-state index contributed by atoms with van der Waals surface area (Å²) in [6, 6.07) is 9.58. The first-order valence-corrected chi connectivity index (χ1v) is 8.40. The van der Waals surface area contributed by atoms with Gasteiger partial charge in [-0.1, -0.05) is 31.0 Å². The summed E-state index contributed by atoms with van der Waals surface area (Å²) in [7, 11) is 0. The average molecular weight is 362 g/mol. The number of aryl methyl sites for hydroxylation is 1. The fourth-order valence-corrected chi connectivity index (χ4v) is 2.47. The van der Waals surface area contributed by atoms with Crippen LogP contribution in [0.1, 0.15) is 35.7 Å². The van der Waals surface area contributed by atoms with Crippen molar-refractivity contribution in [3.05, 3.63) is 62.7 Å². The number of nitrogens with zero attached hydrogens (tertiary/aromatic N) is 1. The minimum atomic E-state index is -0.490. The third-order valence-electron chi connectivity index (χ3n) is 3.75. The van der Waals surface area contributed by atoms with E-state index in [2.05, 4.69) is 10.6 Å². The largest absolute Gasteiger partial charge is 0.379 e. The number of hydrogen-bond donors (Lipinski definition) is 2. The van der Waals surface area contributed by atoms with Crippen molar-refractivity contribution < 1.29 is 9.72 Å². The number of benzene rings is 2. The number of unbranched alkanes of at least 4 members (excludes halogenated alkanes) is 1. The van der Waals surface area contributed by atoms with Gasteiger partial charge in [0.1, 0.15) is 5.69 Å². The number of nitrogens with one attached hydrogen (secondary N) is 2. The monoisotopic (exact) mass is 361 g/mol. The molecule has 0 aliphatic rings. The Morgan fingerprint density at radius 1 is 1.20 bits per heavy atom. The molecule has 2 aromatic carbocycles. The van der Waals surface area contributed by atoms with Crippen LogP contribution in [0.3, 0.4) is 0 Å². The van der Waals surface area contributed by atoms with Crippen LogP contribution >= 0.6 is 11.6 Å². The van der Waals surface area contributed by atoms with Crippen molar-refractivity contribution in [2.24, 2.45) is 0 Å². The summed E-state index contributed by atoms with van der Waals surface area (Å²) < 4.78 is 0. The highest BCUT2D eigenvalue weighted by Gasteiger charge is 2.18. The maximum Gasteiger partial charge on any atom is 0.293 e. The molecule has 0 bridgehead atoms. The second kappa shape index (κ2) is 8.48. The molecule has 2 N–H and O–H groups in total. The Kier molecular flexibility index (Phi) is 6.36. The fraction of sp³-hybridized carbons (Fsp3) is 0.278. The summed E-state index contributed by atoms with van der Waals surface area (Å²) in [6.07, 6.45) is 1.90. The lowest BCUT2D eigenvalue weighted by molar-refractivity contribution is -0.384. The van der Waals surface area contributed by atoms with Crippen molar-refractivity contribution in [1.29, 1.82) is 0 Å². The molecule has 0 heterocycles. The van der Waals surface area contributed by atoms with E-state index in [0.29, 0.717) is 22.9 Å². The summed E-state index contributed by atoms with van der Waals surface area (Å²) in [6.45, 7) is 4.53. The Morgan fingerprint density at radius 3 is 2.64 bits per heavy atom. The smallest absolute Gasteiger partial charge is 0.293 e.